The van der Waals surface area contributed by atoms with E-state index in [1.54, 1.807) is 5.32 Å². The summed E-state index contributed by atoms with van der Waals surface area (Å²) in [5.74, 6) is -1.32. The van der Waals surface area contributed by atoms with E-state index in [4.69, 9.17) is 11.6 Å². The topological polar surface area (TPSA) is 104 Å². The SMILES string of the molecule is CC(=O)Nc1ccc(NS(=O)(=O)c2ccc(C(=O)NCC(F)(F)F)cc2)c(Cl)c1. The highest BCUT2D eigenvalue weighted by molar-refractivity contribution is 7.92. The average Bonchev–Trinajstić information content (AvgIpc) is 2.61. The molecule has 0 saturated heterocycles. The van der Waals surface area contributed by atoms with E-state index in [9.17, 15) is 31.2 Å². The van der Waals surface area contributed by atoms with Crippen molar-refractivity contribution in [2.24, 2.45) is 0 Å². The van der Waals surface area contributed by atoms with Gasteiger partial charge in [0.15, 0.2) is 0 Å². The Bertz CT molecular complexity index is 1030. The van der Waals surface area contributed by atoms with Crippen molar-refractivity contribution >= 4 is 44.8 Å². The van der Waals surface area contributed by atoms with Gasteiger partial charge in [0.2, 0.25) is 5.91 Å². The number of hydrogen-bond donors (Lipinski definition) is 3. The second kappa shape index (κ2) is 8.70. The summed E-state index contributed by atoms with van der Waals surface area (Å²) in [6.45, 7) is -0.196. The van der Waals surface area contributed by atoms with Crippen LogP contribution in [0.2, 0.25) is 5.02 Å². The van der Waals surface area contributed by atoms with Gasteiger partial charge in [-0.05, 0) is 42.5 Å². The molecule has 12 heteroatoms. The van der Waals surface area contributed by atoms with Crippen molar-refractivity contribution < 1.29 is 31.2 Å². The fourth-order valence-corrected chi connectivity index (χ4v) is 3.51. The number of rotatable bonds is 6. The number of carbonyl (C=O) groups excluding carboxylic acids is 2. The predicted molar refractivity (Wildman–Crippen MR) is 101 cm³/mol. The molecule has 0 atom stereocenters. The molecule has 29 heavy (non-hydrogen) atoms. The van der Waals surface area contributed by atoms with Crippen LogP contribution in [0.15, 0.2) is 47.4 Å². The molecule has 0 aliphatic rings. The van der Waals surface area contributed by atoms with Crippen molar-refractivity contribution in [3.8, 4) is 0 Å². The molecule has 2 rings (SSSR count). The molecule has 0 aliphatic heterocycles. The molecule has 0 fully saturated rings. The van der Waals surface area contributed by atoms with Crippen LogP contribution in [0, 0.1) is 0 Å². The lowest BCUT2D eigenvalue weighted by atomic mass is 10.2. The first-order valence-electron chi connectivity index (χ1n) is 7.92. The maximum atomic E-state index is 12.5. The van der Waals surface area contributed by atoms with Crippen molar-refractivity contribution in [2.75, 3.05) is 16.6 Å². The molecule has 0 saturated carbocycles. The van der Waals surface area contributed by atoms with Crippen molar-refractivity contribution in [2.45, 2.75) is 18.0 Å². The van der Waals surface area contributed by atoms with Gasteiger partial charge in [0.1, 0.15) is 6.54 Å². The quantitative estimate of drug-likeness (QED) is 0.628. The van der Waals surface area contributed by atoms with Gasteiger partial charge in [0, 0.05) is 18.2 Å². The minimum atomic E-state index is -4.56. The lowest BCUT2D eigenvalue weighted by Crippen LogP contribution is -2.33. The van der Waals surface area contributed by atoms with Crippen molar-refractivity contribution in [3.63, 3.8) is 0 Å². The number of nitrogens with one attached hydrogen (secondary N) is 3. The third kappa shape index (κ3) is 6.64. The summed E-state index contributed by atoms with van der Waals surface area (Å²) in [6, 6.07) is 8.47. The number of halogens is 4. The Morgan fingerprint density at radius 1 is 1.07 bits per heavy atom. The number of anilines is 2. The third-order valence-corrected chi connectivity index (χ3v) is 5.10. The Hall–Kier alpha value is -2.79. The average molecular weight is 450 g/mol. The third-order valence-electron chi connectivity index (χ3n) is 3.41. The molecule has 156 valence electrons. The monoisotopic (exact) mass is 449 g/mol. The number of hydrogen-bond acceptors (Lipinski definition) is 4. The van der Waals surface area contributed by atoms with Gasteiger partial charge < -0.3 is 10.6 Å². The van der Waals surface area contributed by atoms with Crippen LogP contribution in [-0.2, 0) is 14.8 Å². The summed E-state index contributed by atoms with van der Waals surface area (Å²) in [5.41, 5.74) is 0.290. The first-order chi connectivity index (χ1) is 13.4. The van der Waals surface area contributed by atoms with Gasteiger partial charge in [0.05, 0.1) is 15.6 Å². The molecule has 0 heterocycles. The molecular weight excluding hydrogens is 435 g/mol. The van der Waals surface area contributed by atoms with Gasteiger partial charge in [-0.15, -0.1) is 0 Å². The molecule has 7 nitrogen and oxygen atoms in total. The Morgan fingerprint density at radius 2 is 1.69 bits per heavy atom. The smallest absolute Gasteiger partial charge is 0.343 e. The van der Waals surface area contributed by atoms with Crippen molar-refractivity contribution in [1.29, 1.82) is 0 Å². The minimum absolute atomic E-state index is 0.0305. The summed E-state index contributed by atoms with van der Waals surface area (Å²) in [5, 5.41) is 4.21. The van der Waals surface area contributed by atoms with Gasteiger partial charge in [0.25, 0.3) is 15.9 Å². The molecule has 0 spiro atoms. The van der Waals surface area contributed by atoms with Gasteiger partial charge in [-0.25, -0.2) is 8.42 Å². The Kier molecular flexibility index (Phi) is 6.75. The summed E-state index contributed by atoms with van der Waals surface area (Å²) < 4.78 is 63.6. The van der Waals surface area contributed by atoms with Crippen LogP contribution < -0.4 is 15.4 Å². The standard InChI is InChI=1S/C17H15ClF3N3O4S/c1-10(25)23-12-4-7-15(14(18)8-12)24-29(27,28)13-5-2-11(3-6-13)16(26)22-9-17(19,20)21/h2-8,24H,9H2,1H3,(H,22,26)(H,23,25). The van der Waals surface area contributed by atoms with E-state index < -0.39 is 28.7 Å². The van der Waals surface area contributed by atoms with Crippen molar-refractivity contribution in [1.82, 2.24) is 5.32 Å². The zero-order valence-electron chi connectivity index (χ0n) is 14.8. The largest absolute Gasteiger partial charge is 0.405 e. The van der Waals surface area contributed by atoms with Crippen molar-refractivity contribution in [3.05, 3.63) is 53.1 Å². The van der Waals surface area contributed by atoms with Crippen LogP contribution >= 0.6 is 11.6 Å². The molecule has 0 aromatic heterocycles. The van der Waals surface area contributed by atoms with Gasteiger partial charge in [-0.1, -0.05) is 11.6 Å². The summed E-state index contributed by atoms with van der Waals surface area (Å²) >= 11 is 6.02. The van der Waals surface area contributed by atoms with E-state index in [1.165, 1.54) is 25.1 Å². The number of sulfonamides is 1. The van der Waals surface area contributed by atoms with E-state index in [2.05, 4.69) is 10.0 Å². The second-order valence-corrected chi connectivity index (χ2v) is 7.89. The summed E-state index contributed by atoms with van der Waals surface area (Å²) in [4.78, 5) is 22.5. The summed E-state index contributed by atoms with van der Waals surface area (Å²) in [6.07, 6.45) is -4.56. The van der Waals surface area contributed by atoms with Gasteiger partial charge in [-0.3, -0.25) is 14.3 Å². The normalized spacial score (nSPS) is 11.6. The molecule has 0 bridgehead atoms. The van der Waals surface area contributed by atoms with Gasteiger partial charge >= 0.3 is 6.18 Å². The predicted octanol–water partition coefficient (Wildman–Crippen LogP) is 3.39. The molecule has 2 aromatic carbocycles. The fraction of sp³-hybridized carbons (Fsp3) is 0.176. The van der Waals surface area contributed by atoms with Gasteiger partial charge in [-0.2, -0.15) is 13.2 Å². The number of alkyl halides is 3. The van der Waals surface area contributed by atoms with E-state index in [-0.39, 0.29) is 27.1 Å². The Labute approximate surface area is 169 Å². The van der Waals surface area contributed by atoms with E-state index in [0.717, 1.165) is 24.3 Å². The first-order valence-corrected chi connectivity index (χ1v) is 9.78. The molecule has 0 aliphatic carbocycles. The van der Waals surface area contributed by atoms with Crippen LogP contribution in [0.3, 0.4) is 0 Å². The number of carbonyl (C=O) groups is 2. The highest BCUT2D eigenvalue weighted by atomic mass is 35.5. The minimum Gasteiger partial charge on any atom is -0.343 e. The van der Waals surface area contributed by atoms with Crippen LogP contribution in [0.4, 0.5) is 24.5 Å². The van der Waals surface area contributed by atoms with Crippen LogP contribution in [0.25, 0.3) is 0 Å². The molecule has 3 N–H and O–H groups in total. The zero-order valence-corrected chi connectivity index (χ0v) is 16.4. The van der Waals surface area contributed by atoms with Crippen LogP contribution in [0.5, 0.6) is 0 Å². The molecular formula is C17H15ClF3N3O4S. The van der Waals surface area contributed by atoms with E-state index in [0.29, 0.717) is 5.69 Å². The lowest BCUT2D eigenvalue weighted by molar-refractivity contribution is -0.123. The Morgan fingerprint density at radius 3 is 2.21 bits per heavy atom. The lowest BCUT2D eigenvalue weighted by Gasteiger charge is -2.12. The van der Waals surface area contributed by atoms with E-state index in [1.807, 2.05) is 0 Å². The maximum absolute atomic E-state index is 12.5. The second-order valence-electron chi connectivity index (χ2n) is 5.80. The highest BCUT2D eigenvalue weighted by Gasteiger charge is 2.28. The number of benzene rings is 2. The van der Waals surface area contributed by atoms with E-state index >= 15 is 0 Å². The molecule has 2 aromatic rings. The fourth-order valence-electron chi connectivity index (χ4n) is 2.15. The summed E-state index contributed by atoms with van der Waals surface area (Å²) in [7, 11) is -4.08. The highest BCUT2D eigenvalue weighted by Crippen LogP contribution is 2.28. The molecule has 2 amide bonds. The first kappa shape index (κ1) is 22.5. The van der Waals surface area contributed by atoms with Crippen LogP contribution in [0.1, 0.15) is 17.3 Å². The zero-order chi connectivity index (χ0) is 21.8. The van der Waals surface area contributed by atoms with Crippen LogP contribution in [-0.4, -0.2) is 33.0 Å². The Balaban J connectivity index is 2.13. The molecule has 0 radical (unpaired) electrons. The maximum Gasteiger partial charge on any atom is 0.405 e. The number of amides is 2. The molecule has 0 unspecified atom stereocenters.